The highest BCUT2D eigenvalue weighted by Crippen LogP contribution is 2.28. The molecule has 0 bridgehead atoms. The number of nitrogens with one attached hydrogen (secondary N) is 1. The Hall–Kier alpha value is -2.44. The molecule has 0 amide bonds. The van der Waals surface area contributed by atoms with Crippen LogP contribution in [0, 0.1) is 0 Å². The Kier molecular flexibility index (Phi) is 3.97. The number of hydrogen-bond acceptors (Lipinski definition) is 4. The number of hydrazone groups is 1. The zero-order chi connectivity index (χ0) is 14.6. The van der Waals surface area contributed by atoms with Crippen molar-refractivity contribution in [2.24, 2.45) is 5.10 Å². The van der Waals surface area contributed by atoms with Crippen LogP contribution in [0.3, 0.4) is 0 Å². The lowest BCUT2D eigenvalue weighted by Gasteiger charge is -2.07. The predicted molar refractivity (Wildman–Crippen MR) is 69.3 cm³/mol. The Morgan fingerprint density at radius 3 is 2.55 bits per heavy atom. The second-order valence-electron chi connectivity index (χ2n) is 3.98. The molecule has 0 fully saturated rings. The first-order valence-electron chi connectivity index (χ1n) is 5.71. The molecule has 0 saturated carbocycles. The highest BCUT2D eigenvalue weighted by atomic mass is 19.4. The van der Waals surface area contributed by atoms with E-state index in [4.69, 9.17) is 0 Å². The summed E-state index contributed by atoms with van der Waals surface area (Å²) < 4.78 is 37.1. The van der Waals surface area contributed by atoms with Gasteiger partial charge in [0.25, 0.3) is 0 Å². The van der Waals surface area contributed by atoms with Crippen molar-refractivity contribution in [3.8, 4) is 0 Å². The molecule has 104 valence electrons. The van der Waals surface area contributed by atoms with E-state index < -0.39 is 11.7 Å². The lowest BCUT2D eigenvalue weighted by atomic mass is 10.2. The molecule has 2 aromatic rings. The Balaban J connectivity index is 2.08. The van der Waals surface area contributed by atoms with E-state index in [1.165, 1.54) is 6.07 Å². The minimum atomic E-state index is -4.39. The van der Waals surface area contributed by atoms with Crippen LogP contribution in [0.15, 0.2) is 48.0 Å². The van der Waals surface area contributed by atoms with Crippen molar-refractivity contribution in [2.45, 2.75) is 13.1 Å². The van der Waals surface area contributed by atoms with Gasteiger partial charge in [0.2, 0.25) is 0 Å². The minimum Gasteiger partial charge on any atom is -0.264 e. The maximum atomic E-state index is 12.4. The standard InChI is InChI=1S/C13H11F3N4/c1-9(10-3-2-6-17-7-10)19-20-12-5-4-11(8-18-12)13(14,15)16/h2-8H,1H3,(H,18,20)/b19-9-. The molecule has 0 atom stereocenters. The first-order valence-corrected chi connectivity index (χ1v) is 5.71. The average molecular weight is 280 g/mol. The van der Waals surface area contributed by atoms with Gasteiger partial charge in [-0.05, 0) is 25.1 Å². The van der Waals surface area contributed by atoms with Crippen LogP contribution in [0.5, 0.6) is 0 Å². The summed E-state index contributed by atoms with van der Waals surface area (Å²) in [6.07, 6.45) is -0.347. The fraction of sp³-hybridized carbons (Fsp3) is 0.154. The fourth-order valence-electron chi connectivity index (χ4n) is 1.41. The van der Waals surface area contributed by atoms with Gasteiger partial charge >= 0.3 is 6.18 Å². The summed E-state index contributed by atoms with van der Waals surface area (Å²) in [6.45, 7) is 1.76. The van der Waals surface area contributed by atoms with E-state index in [9.17, 15) is 13.2 Å². The maximum absolute atomic E-state index is 12.4. The Morgan fingerprint density at radius 2 is 2.00 bits per heavy atom. The molecule has 0 aliphatic rings. The molecule has 0 saturated heterocycles. The number of halogens is 3. The van der Waals surface area contributed by atoms with E-state index in [0.29, 0.717) is 5.71 Å². The lowest BCUT2D eigenvalue weighted by Crippen LogP contribution is -2.06. The second-order valence-corrected chi connectivity index (χ2v) is 3.98. The summed E-state index contributed by atoms with van der Waals surface area (Å²) in [4.78, 5) is 7.61. The Labute approximate surface area is 113 Å². The van der Waals surface area contributed by atoms with Crippen molar-refractivity contribution in [2.75, 3.05) is 5.43 Å². The summed E-state index contributed by atoms with van der Waals surface area (Å²) >= 11 is 0. The normalized spacial score (nSPS) is 12.3. The van der Waals surface area contributed by atoms with Crippen LogP contribution in [0.4, 0.5) is 19.0 Å². The number of nitrogens with zero attached hydrogens (tertiary/aromatic N) is 3. The van der Waals surface area contributed by atoms with Gasteiger partial charge in [0, 0.05) is 24.2 Å². The van der Waals surface area contributed by atoms with Gasteiger partial charge in [-0.25, -0.2) is 4.98 Å². The summed E-state index contributed by atoms with van der Waals surface area (Å²) in [5.74, 6) is 0.237. The van der Waals surface area contributed by atoms with Crippen molar-refractivity contribution in [3.05, 3.63) is 54.0 Å². The largest absolute Gasteiger partial charge is 0.417 e. The summed E-state index contributed by atoms with van der Waals surface area (Å²) in [5, 5.41) is 4.04. The quantitative estimate of drug-likeness (QED) is 0.693. The highest BCUT2D eigenvalue weighted by Gasteiger charge is 2.30. The smallest absolute Gasteiger partial charge is 0.264 e. The van der Waals surface area contributed by atoms with Crippen LogP contribution in [-0.4, -0.2) is 15.7 Å². The fourth-order valence-corrected chi connectivity index (χ4v) is 1.41. The van der Waals surface area contributed by atoms with Crippen molar-refractivity contribution in [1.82, 2.24) is 9.97 Å². The molecule has 1 N–H and O–H groups in total. The molecule has 2 heterocycles. The summed E-state index contributed by atoms with van der Waals surface area (Å²) in [6, 6.07) is 5.77. The number of anilines is 1. The van der Waals surface area contributed by atoms with Gasteiger partial charge in [0.1, 0.15) is 5.82 Å². The van der Waals surface area contributed by atoms with E-state index in [2.05, 4.69) is 20.5 Å². The van der Waals surface area contributed by atoms with Crippen LogP contribution in [0.25, 0.3) is 0 Å². The molecule has 20 heavy (non-hydrogen) atoms. The molecule has 2 aromatic heterocycles. The van der Waals surface area contributed by atoms with Gasteiger partial charge in [-0.1, -0.05) is 6.07 Å². The number of alkyl halides is 3. The molecule has 0 aliphatic heterocycles. The highest BCUT2D eigenvalue weighted by molar-refractivity contribution is 5.98. The minimum absolute atomic E-state index is 0.237. The molecule has 0 aliphatic carbocycles. The molecular formula is C13H11F3N4. The molecule has 2 rings (SSSR count). The van der Waals surface area contributed by atoms with Gasteiger partial charge in [-0.2, -0.15) is 18.3 Å². The van der Waals surface area contributed by atoms with E-state index >= 15 is 0 Å². The third-order valence-electron chi connectivity index (χ3n) is 2.51. The molecule has 0 aromatic carbocycles. The van der Waals surface area contributed by atoms with Crippen molar-refractivity contribution in [1.29, 1.82) is 0 Å². The van der Waals surface area contributed by atoms with E-state index in [-0.39, 0.29) is 5.82 Å². The third-order valence-corrected chi connectivity index (χ3v) is 2.51. The average Bonchev–Trinajstić information content (AvgIpc) is 2.45. The second kappa shape index (κ2) is 5.68. The predicted octanol–water partition coefficient (Wildman–Crippen LogP) is 3.33. The van der Waals surface area contributed by atoms with Crippen LogP contribution in [0.1, 0.15) is 18.1 Å². The number of pyridine rings is 2. The topological polar surface area (TPSA) is 50.2 Å². The lowest BCUT2D eigenvalue weighted by molar-refractivity contribution is -0.137. The van der Waals surface area contributed by atoms with Crippen LogP contribution < -0.4 is 5.43 Å². The molecule has 0 spiro atoms. The van der Waals surface area contributed by atoms with Crippen LogP contribution >= 0.6 is 0 Å². The van der Waals surface area contributed by atoms with Gasteiger partial charge < -0.3 is 0 Å². The molecule has 7 heteroatoms. The summed E-state index contributed by atoms with van der Waals surface area (Å²) in [7, 11) is 0. The van der Waals surface area contributed by atoms with Crippen molar-refractivity contribution < 1.29 is 13.2 Å². The molecular weight excluding hydrogens is 269 g/mol. The van der Waals surface area contributed by atoms with E-state index in [1.54, 1.807) is 25.4 Å². The maximum Gasteiger partial charge on any atom is 0.417 e. The van der Waals surface area contributed by atoms with Crippen LogP contribution in [0.2, 0.25) is 0 Å². The molecule has 4 nitrogen and oxygen atoms in total. The van der Waals surface area contributed by atoms with Gasteiger partial charge in [-0.15, -0.1) is 0 Å². The molecule has 0 radical (unpaired) electrons. The van der Waals surface area contributed by atoms with E-state index in [0.717, 1.165) is 17.8 Å². The number of rotatable bonds is 3. The monoisotopic (exact) mass is 280 g/mol. The Bertz CT molecular complexity index is 591. The number of hydrogen-bond donors (Lipinski definition) is 1. The molecule has 0 unspecified atom stereocenters. The van der Waals surface area contributed by atoms with E-state index in [1.807, 2.05) is 6.07 Å². The summed E-state index contributed by atoms with van der Waals surface area (Å²) in [5.41, 5.74) is 3.27. The van der Waals surface area contributed by atoms with Crippen molar-refractivity contribution >= 4 is 11.5 Å². The van der Waals surface area contributed by atoms with Gasteiger partial charge in [-0.3, -0.25) is 10.4 Å². The van der Waals surface area contributed by atoms with Gasteiger partial charge in [0.15, 0.2) is 0 Å². The first kappa shape index (κ1) is 14.0. The zero-order valence-corrected chi connectivity index (χ0v) is 10.5. The Morgan fingerprint density at radius 1 is 1.20 bits per heavy atom. The van der Waals surface area contributed by atoms with Gasteiger partial charge in [0.05, 0.1) is 11.3 Å². The zero-order valence-electron chi connectivity index (χ0n) is 10.5. The first-order chi connectivity index (χ1) is 9.47. The van der Waals surface area contributed by atoms with Crippen LogP contribution in [-0.2, 0) is 6.18 Å². The SMILES string of the molecule is C/C(=N/Nc1ccc(C(F)(F)F)cn1)c1cccnc1. The van der Waals surface area contributed by atoms with Crippen molar-refractivity contribution in [3.63, 3.8) is 0 Å². The third kappa shape index (κ3) is 3.53. The number of aromatic nitrogens is 2.